The van der Waals surface area contributed by atoms with Crippen LogP contribution in [0.15, 0.2) is 18.2 Å². The highest BCUT2D eigenvalue weighted by atomic mass is 16.6. The van der Waals surface area contributed by atoms with Crippen LogP contribution >= 0.6 is 0 Å². The molecule has 0 bridgehead atoms. The van der Waals surface area contributed by atoms with Crippen LogP contribution in [0.3, 0.4) is 0 Å². The van der Waals surface area contributed by atoms with Crippen LogP contribution in [-0.2, 0) is 11.2 Å². The molecule has 0 aliphatic rings. The van der Waals surface area contributed by atoms with Crippen molar-refractivity contribution in [3.8, 4) is 5.75 Å². The number of nitro benzene ring substituents is 1. The molecule has 1 rings (SSSR count). The van der Waals surface area contributed by atoms with Crippen LogP contribution in [0.2, 0.25) is 0 Å². The van der Waals surface area contributed by atoms with E-state index >= 15 is 0 Å². The van der Waals surface area contributed by atoms with Gasteiger partial charge in [0, 0.05) is 12.0 Å². The summed E-state index contributed by atoms with van der Waals surface area (Å²) in [5.41, 5.74) is 0.742. The van der Waals surface area contributed by atoms with Gasteiger partial charge in [-0.25, -0.2) is 0 Å². The summed E-state index contributed by atoms with van der Waals surface area (Å²) >= 11 is 0. The van der Waals surface area contributed by atoms with Crippen molar-refractivity contribution in [1.82, 2.24) is 0 Å². The third-order valence-corrected chi connectivity index (χ3v) is 2.95. The average molecular weight is 251 g/mol. The van der Waals surface area contributed by atoms with Crippen molar-refractivity contribution in [3.63, 3.8) is 0 Å². The lowest BCUT2D eigenvalue weighted by atomic mass is 9.93. The third-order valence-electron chi connectivity index (χ3n) is 2.95. The molecule has 5 heteroatoms. The number of Topliss-reactive ketones (excluding diaryl/α,β-unsaturated/α-hetero) is 1. The predicted molar refractivity (Wildman–Crippen MR) is 67.8 cm³/mol. The molecular weight excluding hydrogens is 234 g/mol. The predicted octanol–water partition coefficient (Wildman–Crippen LogP) is 2.76. The van der Waals surface area contributed by atoms with Gasteiger partial charge in [-0.3, -0.25) is 14.9 Å². The average Bonchev–Trinajstić information content (AvgIpc) is 2.34. The largest absolute Gasteiger partial charge is 0.496 e. The molecule has 0 aromatic heterocycles. The van der Waals surface area contributed by atoms with Gasteiger partial charge in [0.2, 0.25) is 0 Å². The Kier molecular flexibility index (Phi) is 4.83. The molecule has 1 aromatic rings. The van der Waals surface area contributed by atoms with Gasteiger partial charge in [0.05, 0.1) is 18.1 Å². The maximum Gasteiger partial charge on any atom is 0.273 e. The lowest BCUT2D eigenvalue weighted by molar-refractivity contribution is -0.385. The fourth-order valence-corrected chi connectivity index (χ4v) is 1.84. The highest BCUT2D eigenvalue weighted by Gasteiger charge is 2.16. The van der Waals surface area contributed by atoms with Crippen LogP contribution in [0.1, 0.15) is 25.8 Å². The standard InChI is InChI=1S/C13H17NO4/c1-4-11(9(2)15)5-10-6-12(14(16)17)8-13(7-10)18-3/h6-8,11H,4-5H2,1-3H3. The fourth-order valence-electron chi connectivity index (χ4n) is 1.84. The number of non-ortho nitro benzene ring substituents is 1. The molecule has 0 N–H and O–H groups in total. The molecule has 98 valence electrons. The molecule has 0 spiro atoms. The Balaban J connectivity index is 3.04. The van der Waals surface area contributed by atoms with E-state index in [4.69, 9.17) is 4.74 Å². The summed E-state index contributed by atoms with van der Waals surface area (Å²) in [5.74, 6) is 0.442. The molecule has 0 heterocycles. The molecular formula is C13H17NO4. The molecule has 0 amide bonds. The van der Waals surface area contributed by atoms with Crippen molar-refractivity contribution in [2.24, 2.45) is 5.92 Å². The van der Waals surface area contributed by atoms with Crippen molar-refractivity contribution in [2.45, 2.75) is 26.7 Å². The van der Waals surface area contributed by atoms with E-state index in [1.54, 1.807) is 13.0 Å². The maximum absolute atomic E-state index is 11.4. The van der Waals surface area contributed by atoms with Gasteiger partial charge in [0.25, 0.3) is 5.69 Å². The van der Waals surface area contributed by atoms with E-state index in [9.17, 15) is 14.9 Å². The number of ketones is 1. The van der Waals surface area contributed by atoms with Crippen LogP contribution in [0, 0.1) is 16.0 Å². The van der Waals surface area contributed by atoms with Gasteiger partial charge in [0.15, 0.2) is 0 Å². The number of benzene rings is 1. The lowest BCUT2D eigenvalue weighted by Gasteiger charge is -2.11. The quantitative estimate of drug-likeness (QED) is 0.575. The molecule has 5 nitrogen and oxygen atoms in total. The molecule has 0 radical (unpaired) electrons. The van der Waals surface area contributed by atoms with E-state index in [2.05, 4.69) is 0 Å². The lowest BCUT2D eigenvalue weighted by Crippen LogP contribution is -2.13. The number of nitrogens with zero attached hydrogens (tertiary/aromatic N) is 1. The van der Waals surface area contributed by atoms with Gasteiger partial charge in [-0.2, -0.15) is 0 Å². The summed E-state index contributed by atoms with van der Waals surface area (Å²) in [7, 11) is 1.46. The summed E-state index contributed by atoms with van der Waals surface area (Å²) in [6.07, 6.45) is 1.23. The highest BCUT2D eigenvalue weighted by Crippen LogP contribution is 2.25. The minimum Gasteiger partial charge on any atom is -0.496 e. The summed E-state index contributed by atoms with van der Waals surface area (Å²) < 4.78 is 5.03. The van der Waals surface area contributed by atoms with Crippen LogP contribution in [0.5, 0.6) is 5.75 Å². The Labute approximate surface area is 106 Å². The number of nitro groups is 1. The van der Waals surface area contributed by atoms with Crippen LogP contribution in [-0.4, -0.2) is 17.8 Å². The van der Waals surface area contributed by atoms with Crippen molar-refractivity contribution < 1.29 is 14.5 Å². The number of hydrogen-bond donors (Lipinski definition) is 0. The minimum absolute atomic E-state index is 0.0113. The summed E-state index contributed by atoms with van der Waals surface area (Å²) in [6.45, 7) is 3.48. The molecule has 0 saturated heterocycles. The zero-order valence-electron chi connectivity index (χ0n) is 10.8. The SMILES string of the molecule is CCC(Cc1cc(OC)cc([N+](=O)[O-])c1)C(C)=O. The highest BCUT2D eigenvalue weighted by molar-refractivity contribution is 5.78. The van der Waals surface area contributed by atoms with E-state index in [0.717, 1.165) is 12.0 Å². The second kappa shape index (κ2) is 6.14. The van der Waals surface area contributed by atoms with Gasteiger partial charge in [0.1, 0.15) is 11.5 Å². The topological polar surface area (TPSA) is 69.4 Å². The minimum atomic E-state index is -0.458. The van der Waals surface area contributed by atoms with Crippen LogP contribution < -0.4 is 4.74 Å². The van der Waals surface area contributed by atoms with Crippen molar-refractivity contribution in [2.75, 3.05) is 7.11 Å². The zero-order chi connectivity index (χ0) is 13.7. The molecule has 1 unspecified atom stereocenters. The van der Waals surface area contributed by atoms with E-state index < -0.39 is 4.92 Å². The number of rotatable bonds is 6. The van der Waals surface area contributed by atoms with Crippen molar-refractivity contribution >= 4 is 11.5 Å². The van der Waals surface area contributed by atoms with Gasteiger partial charge in [-0.15, -0.1) is 0 Å². The Hall–Kier alpha value is -1.91. The second-order valence-corrected chi connectivity index (χ2v) is 4.22. The van der Waals surface area contributed by atoms with Crippen molar-refractivity contribution in [3.05, 3.63) is 33.9 Å². The first-order valence-electron chi connectivity index (χ1n) is 5.80. The van der Waals surface area contributed by atoms with E-state index in [1.165, 1.54) is 19.2 Å². The first-order valence-corrected chi connectivity index (χ1v) is 5.80. The first-order chi connectivity index (χ1) is 8.47. The third kappa shape index (κ3) is 3.55. The van der Waals surface area contributed by atoms with Gasteiger partial charge >= 0.3 is 0 Å². The van der Waals surface area contributed by atoms with Crippen LogP contribution in [0.4, 0.5) is 5.69 Å². The molecule has 0 aliphatic carbocycles. The van der Waals surface area contributed by atoms with E-state index in [0.29, 0.717) is 12.2 Å². The van der Waals surface area contributed by atoms with Crippen LogP contribution in [0.25, 0.3) is 0 Å². The first kappa shape index (κ1) is 14.2. The maximum atomic E-state index is 11.4. The molecule has 0 fully saturated rings. The molecule has 0 aliphatic heterocycles. The molecule has 1 aromatic carbocycles. The van der Waals surface area contributed by atoms with Gasteiger partial charge in [-0.05, 0) is 31.4 Å². The monoisotopic (exact) mass is 251 g/mol. The normalized spacial score (nSPS) is 11.9. The zero-order valence-corrected chi connectivity index (χ0v) is 10.8. The second-order valence-electron chi connectivity index (χ2n) is 4.22. The summed E-state index contributed by atoms with van der Waals surface area (Å²) in [5, 5.41) is 10.8. The Morgan fingerprint density at radius 3 is 2.56 bits per heavy atom. The van der Waals surface area contributed by atoms with E-state index in [-0.39, 0.29) is 17.4 Å². The summed E-state index contributed by atoms with van der Waals surface area (Å²) in [4.78, 5) is 21.7. The number of ether oxygens (including phenoxy) is 1. The fraction of sp³-hybridized carbons (Fsp3) is 0.462. The van der Waals surface area contributed by atoms with Gasteiger partial charge < -0.3 is 4.74 Å². The van der Waals surface area contributed by atoms with E-state index in [1.807, 2.05) is 6.92 Å². The Morgan fingerprint density at radius 1 is 1.44 bits per heavy atom. The molecule has 0 saturated carbocycles. The smallest absolute Gasteiger partial charge is 0.273 e. The number of methoxy groups -OCH3 is 1. The number of carbonyl (C=O) groups is 1. The summed E-state index contributed by atoms with van der Waals surface area (Å²) in [6, 6.07) is 4.60. The molecule has 18 heavy (non-hydrogen) atoms. The Bertz CT molecular complexity index is 456. The number of hydrogen-bond acceptors (Lipinski definition) is 4. The van der Waals surface area contributed by atoms with Crippen molar-refractivity contribution in [1.29, 1.82) is 0 Å². The Morgan fingerprint density at radius 2 is 2.11 bits per heavy atom. The van der Waals surface area contributed by atoms with Gasteiger partial charge in [-0.1, -0.05) is 6.92 Å². The number of carbonyl (C=O) groups excluding carboxylic acids is 1. The molecule has 1 atom stereocenters.